The lowest BCUT2D eigenvalue weighted by atomic mass is 10.4. The molecular formula is C12H18BrN3O3S. The predicted molar refractivity (Wildman–Crippen MR) is 79.7 cm³/mol. The van der Waals surface area contributed by atoms with Gasteiger partial charge < -0.3 is 4.90 Å². The number of aromatic nitrogens is 1. The Morgan fingerprint density at radius 1 is 1.30 bits per heavy atom. The van der Waals surface area contributed by atoms with Crippen LogP contribution < -0.4 is 0 Å². The van der Waals surface area contributed by atoms with Gasteiger partial charge in [0.05, 0.1) is 6.54 Å². The zero-order valence-electron chi connectivity index (χ0n) is 11.7. The van der Waals surface area contributed by atoms with Crippen LogP contribution in [-0.2, 0) is 14.8 Å². The molecule has 0 radical (unpaired) electrons. The molecule has 1 rings (SSSR count). The number of likely N-dealkylation sites (N-methyl/N-ethyl adjacent to an activating group) is 2. The average molecular weight is 364 g/mol. The number of pyridine rings is 1. The molecule has 0 fully saturated rings. The second-order valence-electron chi connectivity index (χ2n) is 4.17. The van der Waals surface area contributed by atoms with Crippen LogP contribution in [0.1, 0.15) is 13.8 Å². The first-order valence-electron chi connectivity index (χ1n) is 6.17. The largest absolute Gasteiger partial charge is 0.342 e. The molecule has 0 bridgehead atoms. The Morgan fingerprint density at radius 2 is 1.90 bits per heavy atom. The molecule has 0 saturated carbocycles. The molecule has 0 unspecified atom stereocenters. The molecule has 1 heterocycles. The van der Waals surface area contributed by atoms with Gasteiger partial charge in [-0.25, -0.2) is 8.42 Å². The van der Waals surface area contributed by atoms with Crippen molar-refractivity contribution in [1.29, 1.82) is 0 Å². The summed E-state index contributed by atoms with van der Waals surface area (Å²) < 4.78 is 26.2. The maximum absolute atomic E-state index is 12.3. The smallest absolute Gasteiger partial charge is 0.244 e. The summed E-state index contributed by atoms with van der Waals surface area (Å²) in [5.74, 6) is -0.218. The van der Waals surface area contributed by atoms with Gasteiger partial charge in [0.15, 0.2) is 0 Å². The lowest BCUT2D eigenvalue weighted by Gasteiger charge is -2.22. The molecule has 0 aliphatic carbocycles. The number of carbonyl (C=O) groups is 1. The first-order chi connectivity index (χ1) is 9.32. The minimum atomic E-state index is -3.71. The molecular weight excluding hydrogens is 346 g/mol. The van der Waals surface area contributed by atoms with Crippen LogP contribution in [0.15, 0.2) is 27.8 Å². The molecule has 0 spiro atoms. The minimum absolute atomic E-state index is 0.0571. The normalized spacial score (nSPS) is 11.7. The van der Waals surface area contributed by atoms with E-state index < -0.39 is 10.0 Å². The summed E-state index contributed by atoms with van der Waals surface area (Å²) in [4.78, 5) is 17.4. The third-order valence-corrected chi connectivity index (χ3v) is 5.06. The number of rotatable bonds is 6. The third kappa shape index (κ3) is 4.00. The summed E-state index contributed by atoms with van der Waals surface area (Å²) >= 11 is 3.18. The molecule has 1 aromatic heterocycles. The van der Waals surface area contributed by atoms with Gasteiger partial charge in [0, 0.05) is 37.0 Å². The van der Waals surface area contributed by atoms with Crippen molar-refractivity contribution in [3.63, 3.8) is 0 Å². The van der Waals surface area contributed by atoms with Gasteiger partial charge in [0.2, 0.25) is 15.9 Å². The van der Waals surface area contributed by atoms with Crippen LogP contribution in [0.5, 0.6) is 0 Å². The summed E-state index contributed by atoms with van der Waals surface area (Å²) in [5.41, 5.74) is 0. The molecule has 0 atom stereocenters. The van der Waals surface area contributed by atoms with Gasteiger partial charge in [0.1, 0.15) is 4.90 Å². The van der Waals surface area contributed by atoms with E-state index in [1.807, 2.05) is 13.8 Å². The maximum Gasteiger partial charge on any atom is 0.244 e. The Balaban J connectivity index is 2.91. The van der Waals surface area contributed by atoms with E-state index >= 15 is 0 Å². The number of amides is 1. The van der Waals surface area contributed by atoms with E-state index in [9.17, 15) is 13.2 Å². The van der Waals surface area contributed by atoms with E-state index in [-0.39, 0.29) is 17.3 Å². The van der Waals surface area contributed by atoms with Gasteiger partial charge in [-0.05, 0) is 35.8 Å². The molecule has 6 nitrogen and oxygen atoms in total. The molecule has 20 heavy (non-hydrogen) atoms. The van der Waals surface area contributed by atoms with Gasteiger partial charge >= 0.3 is 0 Å². The van der Waals surface area contributed by atoms with Crippen molar-refractivity contribution in [3.8, 4) is 0 Å². The highest BCUT2D eigenvalue weighted by atomic mass is 79.9. The zero-order valence-corrected chi connectivity index (χ0v) is 14.1. The van der Waals surface area contributed by atoms with E-state index in [4.69, 9.17) is 0 Å². The van der Waals surface area contributed by atoms with Crippen LogP contribution in [0.2, 0.25) is 0 Å². The molecule has 1 aromatic rings. The monoisotopic (exact) mass is 363 g/mol. The highest BCUT2D eigenvalue weighted by Crippen LogP contribution is 2.17. The molecule has 0 aromatic carbocycles. The molecule has 0 aliphatic heterocycles. The molecule has 0 aliphatic rings. The number of sulfonamides is 1. The van der Waals surface area contributed by atoms with Gasteiger partial charge in [-0.1, -0.05) is 0 Å². The van der Waals surface area contributed by atoms with Crippen molar-refractivity contribution in [2.75, 3.05) is 26.7 Å². The van der Waals surface area contributed by atoms with E-state index in [2.05, 4.69) is 20.9 Å². The van der Waals surface area contributed by atoms with Crippen LogP contribution in [0, 0.1) is 0 Å². The van der Waals surface area contributed by atoms with Gasteiger partial charge in [-0.15, -0.1) is 0 Å². The average Bonchev–Trinajstić information content (AvgIpc) is 2.40. The van der Waals surface area contributed by atoms with E-state index in [0.29, 0.717) is 17.6 Å². The minimum Gasteiger partial charge on any atom is -0.342 e. The second kappa shape index (κ2) is 7.14. The van der Waals surface area contributed by atoms with Crippen molar-refractivity contribution in [3.05, 3.63) is 22.9 Å². The summed E-state index contributed by atoms with van der Waals surface area (Å²) in [6.45, 7) is 4.64. The van der Waals surface area contributed by atoms with Crippen LogP contribution in [-0.4, -0.2) is 55.2 Å². The van der Waals surface area contributed by atoms with Gasteiger partial charge in [-0.2, -0.15) is 4.31 Å². The Kier molecular flexibility index (Phi) is 6.09. The molecule has 0 saturated heterocycles. The zero-order chi connectivity index (χ0) is 15.3. The van der Waals surface area contributed by atoms with Crippen LogP contribution in [0.4, 0.5) is 0 Å². The summed E-state index contributed by atoms with van der Waals surface area (Å²) in [6.07, 6.45) is 2.76. The lowest BCUT2D eigenvalue weighted by molar-refractivity contribution is -0.130. The SMILES string of the molecule is CCN(CC)C(=O)CN(C)S(=O)(=O)c1cncc(Br)c1. The fourth-order valence-corrected chi connectivity index (χ4v) is 3.29. The molecule has 8 heteroatoms. The molecule has 112 valence electrons. The maximum atomic E-state index is 12.3. The quantitative estimate of drug-likeness (QED) is 0.764. The van der Waals surface area contributed by atoms with Crippen LogP contribution in [0.25, 0.3) is 0 Å². The Bertz CT molecular complexity index is 573. The number of hydrogen-bond acceptors (Lipinski definition) is 4. The van der Waals surface area contributed by atoms with Gasteiger partial charge in [-0.3, -0.25) is 9.78 Å². The highest BCUT2D eigenvalue weighted by molar-refractivity contribution is 9.10. The molecule has 0 N–H and O–H groups in total. The van der Waals surface area contributed by atoms with Gasteiger partial charge in [0.25, 0.3) is 0 Å². The highest BCUT2D eigenvalue weighted by Gasteiger charge is 2.24. The second-order valence-corrected chi connectivity index (χ2v) is 7.13. The lowest BCUT2D eigenvalue weighted by Crippen LogP contribution is -2.41. The van der Waals surface area contributed by atoms with E-state index in [1.165, 1.54) is 25.5 Å². The third-order valence-electron chi connectivity index (χ3n) is 2.86. The van der Waals surface area contributed by atoms with Crippen molar-refractivity contribution >= 4 is 31.9 Å². The summed E-state index contributed by atoms with van der Waals surface area (Å²) in [6, 6.07) is 1.46. The Morgan fingerprint density at radius 3 is 2.40 bits per heavy atom. The fourth-order valence-electron chi connectivity index (χ4n) is 1.67. The van der Waals surface area contributed by atoms with Crippen LogP contribution in [0.3, 0.4) is 0 Å². The first-order valence-corrected chi connectivity index (χ1v) is 8.40. The predicted octanol–water partition coefficient (Wildman–Crippen LogP) is 1.33. The summed E-state index contributed by atoms with van der Waals surface area (Å²) in [5, 5.41) is 0. The number of hydrogen-bond donors (Lipinski definition) is 0. The van der Waals surface area contributed by atoms with Crippen molar-refractivity contribution in [1.82, 2.24) is 14.2 Å². The fraction of sp³-hybridized carbons (Fsp3) is 0.500. The number of carbonyl (C=O) groups excluding carboxylic acids is 1. The van der Waals surface area contributed by atoms with E-state index in [0.717, 1.165) is 4.31 Å². The summed E-state index contributed by atoms with van der Waals surface area (Å²) in [7, 11) is -2.33. The van der Waals surface area contributed by atoms with E-state index in [1.54, 1.807) is 4.90 Å². The topological polar surface area (TPSA) is 70.6 Å². The van der Waals surface area contributed by atoms with Crippen molar-refractivity contribution < 1.29 is 13.2 Å². The first kappa shape index (κ1) is 17.1. The van der Waals surface area contributed by atoms with Crippen LogP contribution >= 0.6 is 15.9 Å². The molecule has 1 amide bonds. The number of halogens is 1. The standard InChI is InChI=1S/C12H18BrN3O3S/c1-4-16(5-2)12(17)9-15(3)20(18,19)11-6-10(13)7-14-8-11/h6-8H,4-5,9H2,1-3H3. The van der Waals surface area contributed by atoms with Crippen molar-refractivity contribution in [2.45, 2.75) is 18.7 Å². The van der Waals surface area contributed by atoms with Crippen molar-refractivity contribution in [2.24, 2.45) is 0 Å². The Labute approximate surface area is 128 Å². The Hall–Kier alpha value is -0.990. The number of nitrogens with zero attached hydrogens (tertiary/aromatic N) is 3.